The van der Waals surface area contributed by atoms with Gasteiger partial charge in [-0.05, 0) is 48.6 Å². The Morgan fingerprint density at radius 3 is 2.66 bits per heavy atom. The molecule has 164 valence electrons. The highest BCUT2D eigenvalue weighted by atomic mass is 32.1. The van der Waals surface area contributed by atoms with Crippen LogP contribution in [0.1, 0.15) is 33.0 Å². The Balaban J connectivity index is 1.72. The maximum absolute atomic E-state index is 14.0. The molecule has 2 aromatic carbocycles. The molecule has 0 fully saturated rings. The first-order valence-electron chi connectivity index (χ1n) is 9.98. The molecule has 1 heterocycles. The summed E-state index contributed by atoms with van der Waals surface area (Å²) in [5.41, 5.74) is 3.31. The van der Waals surface area contributed by atoms with Gasteiger partial charge in [-0.1, -0.05) is 18.2 Å². The van der Waals surface area contributed by atoms with E-state index in [2.05, 4.69) is 33.2 Å². The third-order valence-corrected chi connectivity index (χ3v) is 6.43. The van der Waals surface area contributed by atoms with Crippen molar-refractivity contribution in [2.24, 2.45) is 10.1 Å². The lowest BCUT2D eigenvalue weighted by molar-refractivity contribution is 0.102. The van der Waals surface area contributed by atoms with Gasteiger partial charge in [0.2, 0.25) is 0 Å². The number of aromatic nitrogens is 1. The van der Waals surface area contributed by atoms with Crippen LogP contribution >= 0.6 is 11.3 Å². The highest BCUT2D eigenvalue weighted by Gasteiger charge is 2.24. The third-order valence-electron chi connectivity index (χ3n) is 5.30. The van der Waals surface area contributed by atoms with Crippen LogP contribution in [0.3, 0.4) is 0 Å². The van der Waals surface area contributed by atoms with Gasteiger partial charge >= 0.3 is 0 Å². The number of rotatable bonds is 4. The van der Waals surface area contributed by atoms with Gasteiger partial charge in [-0.2, -0.15) is 5.10 Å². The van der Waals surface area contributed by atoms with E-state index in [1.165, 1.54) is 17.4 Å². The second-order valence-corrected chi connectivity index (χ2v) is 8.28. The number of para-hydroxylation sites is 1. The standard InChI is InChI=1S/C23H21F2N5OS/c1-26-21(30(3)27-2)14-11-10-13-6-4-9-18-20(15(13)12-14)32-23(28-18)22(31)29-19-16(24)7-5-8-17(19)25/h5,7-8,10-12H,2,4,6,9H2,1,3H3,(H,29,31). The molecule has 1 aliphatic carbocycles. The zero-order valence-corrected chi connectivity index (χ0v) is 18.5. The summed E-state index contributed by atoms with van der Waals surface area (Å²) in [5.74, 6) is -1.65. The summed E-state index contributed by atoms with van der Waals surface area (Å²) in [4.78, 5) is 22.4. The van der Waals surface area contributed by atoms with Crippen molar-refractivity contribution in [2.75, 3.05) is 19.4 Å². The maximum atomic E-state index is 14.0. The monoisotopic (exact) mass is 453 g/mol. The fourth-order valence-corrected chi connectivity index (χ4v) is 4.79. The van der Waals surface area contributed by atoms with E-state index in [1.807, 2.05) is 12.1 Å². The van der Waals surface area contributed by atoms with E-state index in [0.717, 1.165) is 52.2 Å². The minimum Gasteiger partial charge on any atom is -0.315 e. The Bertz CT molecular complexity index is 1220. The number of nitrogens with zero attached hydrogens (tertiary/aromatic N) is 4. The lowest BCUT2D eigenvalue weighted by atomic mass is 10.0. The number of hydrogen-bond acceptors (Lipinski definition) is 5. The number of amides is 1. The van der Waals surface area contributed by atoms with Crippen LogP contribution < -0.4 is 5.32 Å². The number of benzene rings is 2. The quantitative estimate of drug-likeness (QED) is 0.352. The van der Waals surface area contributed by atoms with Crippen LogP contribution in [0.5, 0.6) is 0 Å². The summed E-state index contributed by atoms with van der Waals surface area (Å²) < 4.78 is 27.9. The Morgan fingerprint density at radius 2 is 1.97 bits per heavy atom. The smallest absolute Gasteiger partial charge is 0.284 e. The molecule has 1 aromatic heterocycles. The van der Waals surface area contributed by atoms with Gasteiger partial charge in [0, 0.05) is 26.4 Å². The lowest BCUT2D eigenvalue weighted by Crippen LogP contribution is -2.22. The van der Waals surface area contributed by atoms with Crippen LogP contribution in [0, 0.1) is 11.6 Å². The summed E-state index contributed by atoms with van der Waals surface area (Å²) in [6.07, 6.45) is 2.48. The van der Waals surface area contributed by atoms with E-state index < -0.39 is 23.2 Å². The number of aliphatic imine (C=N–C) groups is 1. The molecule has 0 saturated heterocycles. The van der Waals surface area contributed by atoms with Gasteiger partial charge in [0.1, 0.15) is 17.3 Å². The fraction of sp³-hybridized carbons (Fsp3) is 0.217. The Kier molecular flexibility index (Phi) is 6.09. The molecule has 1 N–H and O–H groups in total. The second kappa shape index (κ2) is 8.96. The molecule has 0 spiro atoms. The molecule has 9 heteroatoms. The second-order valence-electron chi connectivity index (χ2n) is 7.28. The number of halogens is 2. The topological polar surface area (TPSA) is 70.0 Å². The van der Waals surface area contributed by atoms with Crippen LogP contribution in [0.25, 0.3) is 10.4 Å². The largest absolute Gasteiger partial charge is 0.315 e. The highest BCUT2D eigenvalue weighted by molar-refractivity contribution is 7.17. The normalized spacial score (nSPS) is 13.1. The van der Waals surface area contributed by atoms with Crippen molar-refractivity contribution < 1.29 is 13.6 Å². The summed E-state index contributed by atoms with van der Waals surface area (Å²) in [6, 6.07) is 9.48. The SMILES string of the molecule is C=NN(C)C(=NC)c1ccc2c(c1)-c1sc(C(=O)Nc3c(F)cccc3F)nc1CCC2. The first-order valence-corrected chi connectivity index (χ1v) is 10.8. The molecule has 0 bridgehead atoms. The summed E-state index contributed by atoms with van der Waals surface area (Å²) >= 11 is 1.22. The molecule has 32 heavy (non-hydrogen) atoms. The van der Waals surface area contributed by atoms with Gasteiger partial charge in [-0.25, -0.2) is 13.8 Å². The van der Waals surface area contributed by atoms with Gasteiger partial charge in [-0.15, -0.1) is 11.3 Å². The predicted molar refractivity (Wildman–Crippen MR) is 124 cm³/mol. The lowest BCUT2D eigenvalue weighted by Gasteiger charge is -2.16. The number of carbonyl (C=O) groups is 1. The number of nitrogens with one attached hydrogen (secondary N) is 1. The average molecular weight is 454 g/mol. The van der Waals surface area contributed by atoms with Crippen LogP contribution in [-0.2, 0) is 12.8 Å². The van der Waals surface area contributed by atoms with Gasteiger partial charge in [0.15, 0.2) is 10.8 Å². The summed E-state index contributed by atoms with van der Waals surface area (Å²) in [6.45, 7) is 3.55. The molecular weight excluding hydrogens is 432 g/mol. The molecule has 0 atom stereocenters. The van der Waals surface area contributed by atoms with Crippen molar-refractivity contribution in [3.05, 3.63) is 69.9 Å². The number of aryl methyl sites for hydroxylation is 2. The number of anilines is 1. The van der Waals surface area contributed by atoms with Crippen LogP contribution in [-0.4, -0.2) is 42.5 Å². The number of carbonyl (C=O) groups excluding carboxylic acids is 1. The molecule has 1 amide bonds. The van der Waals surface area contributed by atoms with Crippen molar-refractivity contribution >= 4 is 35.5 Å². The van der Waals surface area contributed by atoms with Crippen molar-refractivity contribution in [3.63, 3.8) is 0 Å². The van der Waals surface area contributed by atoms with Crippen LogP contribution in [0.4, 0.5) is 14.5 Å². The molecule has 1 aliphatic rings. The molecule has 0 saturated carbocycles. The first-order chi connectivity index (χ1) is 15.4. The van der Waals surface area contributed by atoms with E-state index in [4.69, 9.17) is 0 Å². The molecule has 0 radical (unpaired) electrons. The van der Waals surface area contributed by atoms with E-state index in [0.29, 0.717) is 12.3 Å². The third kappa shape index (κ3) is 4.03. The zero-order valence-electron chi connectivity index (χ0n) is 17.7. The average Bonchev–Trinajstić information content (AvgIpc) is 3.14. The van der Waals surface area contributed by atoms with E-state index >= 15 is 0 Å². The Labute approximate surface area is 188 Å². The van der Waals surface area contributed by atoms with Crippen molar-refractivity contribution in [1.29, 1.82) is 0 Å². The van der Waals surface area contributed by atoms with Crippen molar-refractivity contribution in [1.82, 2.24) is 9.99 Å². The van der Waals surface area contributed by atoms with Crippen molar-refractivity contribution in [2.45, 2.75) is 19.3 Å². The highest BCUT2D eigenvalue weighted by Crippen LogP contribution is 2.38. The van der Waals surface area contributed by atoms with Crippen LogP contribution in [0.2, 0.25) is 0 Å². The fourth-order valence-electron chi connectivity index (χ4n) is 3.73. The number of fused-ring (bicyclic) bond motifs is 3. The Morgan fingerprint density at radius 1 is 1.22 bits per heavy atom. The molecule has 0 unspecified atom stereocenters. The number of amidine groups is 1. The first kappa shape index (κ1) is 21.8. The minimum atomic E-state index is -0.835. The zero-order chi connectivity index (χ0) is 22.8. The Hall–Kier alpha value is -3.46. The summed E-state index contributed by atoms with van der Waals surface area (Å²) in [5, 5.41) is 7.99. The van der Waals surface area contributed by atoms with Gasteiger partial charge in [-0.3, -0.25) is 14.8 Å². The van der Waals surface area contributed by atoms with Gasteiger partial charge in [0.05, 0.1) is 10.6 Å². The molecule has 3 aromatic rings. The van der Waals surface area contributed by atoms with E-state index in [9.17, 15) is 13.6 Å². The number of thiazole rings is 1. The molecule has 4 rings (SSSR count). The van der Waals surface area contributed by atoms with Crippen LogP contribution in [0.15, 0.2) is 46.5 Å². The minimum absolute atomic E-state index is 0.158. The van der Waals surface area contributed by atoms with Gasteiger partial charge in [0.25, 0.3) is 5.91 Å². The predicted octanol–water partition coefficient (Wildman–Crippen LogP) is 4.75. The maximum Gasteiger partial charge on any atom is 0.284 e. The molecule has 0 aliphatic heterocycles. The molecule has 6 nitrogen and oxygen atoms in total. The number of hydrogen-bond donors (Lipinski definition) is 1. The van der Waals surface area contributed by atoms with E-state index in [1.54, 1.807) is 19.1 Å². The van der Waals surface area contributed by atoms with Crippen molar-refractivity contribution in [3.8, 4) is 10.4 Å². The number of hydrazone groups is 1. The molecular formula is C23H21F2N5OS. The van der Waals surface area contributed by atoms with E-state index in [-0.39, 0.29) is 5.01 Å². The summed E-state index contributed by atoms with van der Waals surface area (Å²) in [7, 11) is 3.45. The van der Waals surface area contributed by atoms with Gasteiger partial charge < -0.3 is 5.32 Å².